The van der Waals surface area contributed by atoms with Gasteiger partial charge in [-0.15, -0.1) is 0 Å². The number of nitrogens with zero attached hydrogens (tertiary/aromatic N) is 2. The molecule has 1 atom stereocenters. The van der Waals surface area contributed by atoms with E-state index in [9.17, 15) is 0 Å². The Labute approximate surface area is 172 Å². The Balaban J connectivity index is 1.65. The van der Waals surface area contributed by atoms with Crippen molar-refractivity contribution in [2.75, 3.05) is 5.32 Å². The molecule has 1 unspecified atom stereocenters. The van der Waals surface area contributed by atoms with Crippen LogP contribution < -0.4 is 5.32 Å². The number of halogens is 1. The Morgan fingerprint density at radius 1 is 0.926 bits per heavy atom. The number of para-hydroxylation sites is 1. The van der Waals surface area contributed by atoms with Gasteiger partial charge in [0, 0.05) is 16.6 Å². The minimum atomic E-state index is 0.0774. The molecule has 0 spiro atoms. The monoisotopic (exact) mass is 435 g/mol. The van der Waals surface area contributed by atoms with Gasteiger partial charge in [0.2, 0.25) is 0 Å². The third-order valence-corrected chi connectivity index (χ3v) is 5.32. The molecule has 1 aliphatic rings. The summed E-state index contributed by atoms with van der Waals surface area (Å²) in [5.41, 5.74) is 4.31. The summed E-state index contributed by atoms with van der Waals surface area (Å²) in [6.07, 6.45) is 0.808. The Kier molecular flexibility index (Phi) is 5.32. The molecule has 1 aliphatic heterocycles. The molecule has 5 heteroatoms. The zero-order valence-electron chi connectivity index (χ0n) is 14.5. The summed E-state index contributed by atoms with van der Waals surface area (Å²) in [6, 6.07) is 28.7. The lowest BCUT2D eigenvalue weighted by Gasteiger charge is -2.24. The zero-order chi connectivity index (χ0) is 18.6. The molecule has 3 aromatic rings. The molecule has 0 saturated heterocycles. The van der Waals surface area contributed by atoms with Gasteiger partial charge < -0.3 is 5.32 Å². The van der Waals surface area contributed by atoms with E-state index in [-0.39, 0.29) is 6.04 Å². The summed E-state index contributed by atoms with van der Waals surface area (Å²) in [7, 11) is 0. The highest BCUT2D eigenvalue weighted by Gasteiger charge is 2.31. The van der Waals surface area contributed by atoms with Crippen LogP contribution >= 0.6 is 28.1 Å². The molecule has 0 fully saturated rings. The number of thiocarbonyl (C=S) groups is 1. The third-order valence-electron chi connectivity index (χ3n) is 4.51. The van der Waals surface area contributed by atoms with Gasteiger partial charge in [-0.1, -0.05) is 76.6 Å². The van der Waals surface area contributed by atoms with Crippen molar-refractivity contribution in [1.82, 2.24) is 5.01 Å². The van der Waals surface area contributed by atoms with Crippen LogP contribution in [0.3, 0.4) is 0 Å². The molecule has 0 aliphatic carbocycles. The molecular formula is C22H18BrN3S. The van der Waals surface area contributed by atoms with Crippen LogP contribution in [-0.4, -0.2) is 15.8 Å². The van der Waals surface area contributed by atoms with Crippen molar-refractivity contribution >= 4 is 44.7 Å². The first-order chi connectivity index (χ1) is 13.2. The predicted molar refractivity (Wildman–Crippen MR) is 119 cm³/mol. The number of rotatable bonds is 3. The van der Waals surface area contributed by atoms with Crippen molar-refractivity contribution in [1.29, 1.82) is 0 Å². The van der Waals surface area contributed by atoms with Crippen molar-refractivity contribution in [3.63, 3.8) is 0 Å². The second kappa shape index (κ2) is 8.03. The molecule has 3 nitrogen and oxygen atoms in total. The summed E-state index contributed by atoms with van der Waals surface area (Å²) in [4.78, 5) is 0. The van der Waals surface area contributed by atoms with Crippen LogP contribution in [0.25, 0.3) is 0 Å². The molecule has 0 amide bonds. The summed E-state index contributed by atoms with van der Waals surface area (Å²) in [6.45, 7) is 0. The van der Waals surface area contributed by atoms with Crippen LogP contribution in [0.15, 0.2) is 94.5 Å². The smallest absolute Gasteiger partial charge is 0.194 e. The highest BCUT2D eigenvalue weighted by molar-refractivity contribution is 9.10. The van der Waals surface area contributed by atoms with Crippen molar-refractivity contribution in [2.24, 2.45) is 5.10 Å². The molecule has 0 saturated carbocycles. The largest absolute Gasteiger partial charge is 0.331 e. The number of benzene rings is 3. The van der Waals surface area contributed by atoms with Gasteiger partial charge in [-0.3, -0.25) is 0 Å². The summed E-state index contributed by atoms with van der Waals surface area (Å²) < 4.78 is 1.06. The third kappa shape index (κ3) is 4.10. The van der Waals surface area contributed by atoms with Crippen molar-refractivity contribution < 1.29 is 0 Å². The number of nitrogens with one attached hydrogen (secondary N) is 1. The summed E-state index contributed by atoms with van der Waals surface area (Å²) in [5, 5.41) is 10.7. The van der Waals surface area contributed by atoms with Gasteiger partial charge in [-0.05, 0) is 47.6 Å². The van der Waals surface area contributed by atoms with E-state index in [0.29, 0.717) is 5.11 Å². The van der Waals surface area contributed by atoms with Gasteiger partial charge in [0.05, 0.1) is 11.8 Å². The molecule has 1 N–H and O–H groups in total. The fourth-order valence-corrected chi connectivity index (χ4v) is 3.70. The fraction of sp³-hybridized carbons (Fsp3) is 0.0909. The fourth-order valence-electron chi connectivity index (χ4n) is 3.15. The lowest BCUT2D eigenvalue weighted by molar-refractivity contribution is 0.375. The average molecular weight is 436 g/mol. The number of hydrogen-bond donors (Lipinski definition) is 1. The summed E-state index contributed by atoms with van der Waals surface area (Å²) in [5.74, 6) is 0. The normalized spacial score (nSPS) is 16.1. The maximum absolute atomic E-state index is 5.70. The minimum Gasteiger partial charge on any atom is -0.331 e. The molecule has 134 valence electrons. The molecule has 3 aromatic carbocycles. The van der Waals surface area contributed by atoms with Gasteiger partial charge in [-0.25, -0.2) is 5.01 Å². The topological polar surface area (TPSA) is 27.6 Å². The van der Waals surface area contributed by atoms with E-state index < -0.39 is 0 Å². The Hall–Kier alpha value is -2.50. The lowest BCUT2D eigenvalue weighted by atomic mass is 9.99. The van der Waals surface area contributed by atoms with Gasteiger partial charge in [-0.2, -0.15) is 5.10 Å². The quantitative estimate of drug-likeness (QED) is 0.511. The predicted octanol–water partition coefficient (Wildman–Crippen LogP) is 6.00. The maximum Gasteiger partial charge on any atom is 0.194 e. The van der Waals surface area contributed by atoms with E-state index in [4.69, 9.17) is 17.3 Å². The van der Waals surface area contributed by atoms with Crippen molar-refractivity contribution in [3.8, 4) is 0 Å². The maximum atomic E-state index is 5.70. The highest BCUT2D eigenvalue weighted by atomic mass is 79.9. The first kappa shape index (κ1) is 17.9. The van der Waals surface area contributed by atoms with Gasteiger partial charge in [0.15, 0.2) is 5.11 Å². The van der Waals surface area contributed by atoms with E-state index in [0.717, 1.165) is 27.9 Å². The van der Waals surface area contributed by atoms with Crippen LogP contribution in [0, 0.1) is 0 Å². The Morgan fingerprint density at radius 3 is 2.22 bits per heavy atom. The zero-order valence-corrected chi connectivity index (χ0v) is 17.0. The molecule has 0 aromatic heterocycles. The van der Waals surface area contributed by atoms with Crippen LogP contribution in [0.2, 0.25) is 0 Å². The minimum absolute atomic E-state index is 0.0774. The van der Waals surface area contributed by atoms with E-state index in [2.05, 4.69) is 57.6 Å². The van der Waals surface area contributed by atoms with Crippen LogP contribution in [0.1, 0.15) is 23.6 Å². The number of hydrazone groups is 1. The van der Waals surface area contributed by atoms with Gasteiger partial charge in [0.25, 0.3) is 0 Å². The van der Waals surface area contributed by atoms with E-state index in [1.807, 2.05) is 53.5 Å². The van der Waals surface area contributed by atoms with Crippen molar-refractivity contribution in [3.05, 3.63) is 101 Å². The van der Waals surface area contributed by atoms with Gasteiger partial charge in [0.1, 0.15) is 0 Å². The highest BCUT2D eigenvalue weighted by Crippen LogP contribution is 2.33. The second-order valence-corrected chi connectivity index (χ2v) is 7.63. The molecule has 27 heavy (non-hydrogen) atoms. The average Bonchev–Trinajstić information content (AvgIpc) is 3.16. The molecular weight excluding hydrogens is 418 g/mol. The van der Waals surface area contributed by atoms with Crippen LogP contribution in [0.5, 0.6) is 0 Å². The van der Waals surface area contributed by atoms with E-state index >= 15 is 0 Å². The first-order valence-corrected chi connectivity index (χ1v) is 9.94. The summed E-state index contributed by atoms with van der Waals surface area (Å²) >= 11 is 9.19. The van der Waals surface area contributed by atoms with Crippen molar-refractivity contribution in [2.45, 2.75) is 12.5 Å². The second-order valence-electron chi connectivity index (χ2n) is 6.32. The first-order valence-electron chi connectivity index (χ1n) is 8.74. The van der Waals surface area contributed by atoms with Crippen LogP contribution in [-0.2, 0) is 0 Å². The number of hydrogen-bond acceptors (Lipinski definition) is 2. The molecule has 4 rings (SSSR count). The number of anilines is 1. The van der Waals surface area contributed by atoms with Gasteiger partial charge >= 0.3 is 0 Å². The Bertz CT molecular complexity index is 956. The molecule has 0 radical (unpaired) electrons. The lowest BCUT2D eigenvalue weighted by Crippen LogP contribution is -2.31. The van der Waals surface area contributed by atoms with E-state index in [1.54, 1.807) is 0 Å². The SMILES string of the molecule is S=C(Nc1ccccc1)N1N=C(c2ccc(Br)cc2)CC1c1ccccc1. The molecule has 0 bridgehead atoms. The molecule has 1 heterocycles. The Morgan fingerprint density at radius 2 is 1.56 bits per heavy atom. The van der Waals surface area contributed by atoms with E-state index in [1.165, 1.54) is 5.56 Å². The standard InChI is InChI=1S/C22H18BrN3S/c23-18-13-11-16(12-14-18)20-15-21(17-7-3-1-4-8-17)26(25-20)22(27)24-19-9-5-2-6-10-19/h1-14,21H,15H2,(H,24,27). The van der Waals surface area contributed by atoms with Crippen LogP contribution in [0.4, 0.5) is 5.69 Å².